The molecule has 3 nitrogen and oxygen atoms in total. The van der Waals surface area contributed by atoms with E-state index < -0.39 is 10.0 Å². The van der Waals surface area contributed by atoms with Crippen molar-refractivity contribution in [2.45, 2.75) is 38.0 Å². The molecule has 3 rings (SSSR count). The van der Waals surface area contributed by atoms with E-state index in [2.05, 4.69) is 18.6 Å². The minimum absolute atomic E-state index is 0.0597. The van der Waals surface area contributed by atoms with Crippen molar-refractivity contribution < 1.29 is 8.42 Å². The maximum absolute atomic E-state index is 11.7. The molecule has 0 aromatic rings. The lowest BCUT2D eigenvalue weighted by Crippen LogP contribution is -2.40. The molecule has 74 valence electrons. The lowest BCUT2D eigenvalue weighted by Gasteiger charge is -2.33. The van der Waals surface area contributed by atoms with E-state index in [0.717, 1.165) is 12.8 Å². The Morgan fingerprint density at radius 3 is 2.54 bits per heavy atom. The summed E-state index contributed by atoms with van der Waals surface area (Å²) in [4.78, 5) is 0. The van der Waals surface area contributed by atoms with Crippen LogP contribution >= 0.6 is 0 Å². The van der Waals surface area contributed by atoms with Crippen LogP contribution in [0, 0.1) is 17.3 Å². The highest BCUT2D eigenvalue weighted by Crippen LogP contribution is 2.60. The van der Waals surface area contributed by atoms with E-state index in [1.165, 1.54) is 0 Å². The molecule has 3 aliphatic rings. The van der Waals surface area contributed by atoms with E-state index in [0.29, 0.717) is 11.8 Å². The second kappa shape index (κ2) is 1.96. The first-order chi connectivity index (χ1) is 5.93. The largest absolute Gasteiger partial charge is 0.215 e. The summed E-state index contributed by atoms with van der Waals surface area (Å²) in [6.07, 6.45) is 2.01. The van der Waals surface area contributed by atoms with E-state index in [9.17, 15) is 8.42 Å². The monoisotopic (exact) mass is 201 g/mol. The average Bonchev–Trinajstić information content (AvgIpc) is 2.54. The molecule has 0 radical (unpaired) electrons. The molecule has 1 saturated heterocycles. The first kappa shape index (κ1) is 8.24. The van der Waals surface area contributed by atoms with Crippen molar-refractivity contribution >= 4 is 10.0 Å². The molecule has 4 heteroatoms. The van der Waals surface area contributed by atoms with Crippen LogP contribution < -0.4 is 4.72 Å². The number of nitrogens with one attached hydrogen (secondary N) is 1. The fourth-order valence-electron chi connectivity index (χ4n) is 3.66. The Morgan fingerprint density at radius 2 is 2.00 bits per heavy atom. The van der Waals surface area contributed by atoms with Crippen LogP contribution in [0.1, 0.15) is 26.7 Å². The molecule has 0 spiro atoms. The quantitative estimate of drug-likeness (QED) is 0.628. The first-order valence-corrected chi connectivity index (χ1v) is 6.49. The Kier molecular flexibility index (Phi) is 1.24. The zero-order chi connectivity index (χ0) is 9.43. The topological polar surface area (TPSA) is 46.2 Å². The maximum atomic E-state index is 11.7. The van der Waals surface area contributed by atoms with Crippen molar-refractivity contribution in [3.8, 4) is 0 Å². The normalized spacial score (nSPS) is 54.3. The molecule has 0 aromatic heterocycles. The molecule has 13 heavy (non-hydrogen) atoms. The molecule has 1 heterocycles. The van der Waals surface area contributed by atoms with E-state index in [1.54, 1.807) is 0 Å². The van der Waals surface area contributed by atoms with E-state index in [4.69, 9.17) is 0 Å². The third-order valence-corrected chi connectivity index (χ3v) is 6.44. The van der Waals surface area contributed by atoms with Crippen LogP contribution in [0.25, 0.3) is 0 Å². The van der Waals surface area contributed by atoms with Gasteiger partial charge < -0.3 is 0 Å². The van der Waals surface area contributed by atoms with Crippen LogP contribution in [-0.4, -0.2) is 19.7 Å². The number of fused-ring (bicyclic) bond motifs is 1. The van der Waals surface area contributed by atoms with Gasteiger partial charge in [0.1, 0.15) is 0 Å². The third-order valence-electron chi connectivity index (χ3n) is 4.52. The fourth-order valence-corrected chi connectivity index (χ4v) is 5.88. The molecule has 2 bridgehead atoms. The lowest BCUT2D eigenvalue weighted by molar-refractivity contribution is 0.188. The van der Waals surface area contributed by atoms with E-state index >= 15 is 0 Å². The SMILES string of the molecule is CC1(C)C2CC3C1NS(=O)(=O)C3C2. The first-order valence-electron chi connectivity index (χ1n) is 4.94. The standard InChI is InChI=1S/C9H15NO2S/c1-9(2)5-3-6-7(4-5)13(11,12)10-8(6)9/h5-8,10H,3-4H2,1-2H3. The highest BCUT2D eigenvalue weighted by Gasteiger charge is 2.65. The Morgan fingerprint density at radius 1 is 1.31 bits per heavy atom. The van der Waals surface area contributed by atoms with E-state index in [1.807, 2.05) is 0 Å². The van der Waals surface area contributed by atoms with Crippen LogP contribution in [0.4, 0.5) is 0 Å². The van der Waals surface area contributed by atoms with E-state index in [-0.39, 0.29) is 16.7 Å². The molecule has 0 amide bonds. The van der Waals surface area contributed by atoms with Crippen LogP contribution in [0.3, 0.4) is 0 Å². The van der Waals surface area contributed by atoms with Gasteiger partial charge in [0, 0.05) is 6.04 Å². The van der Waals surface area contributed by atoms with Gasteiger partial charge in [0.05, 0.1) is 5.25 Å². The second-order valence-electron chi connectivity index (χ2n) is 5.33. The van der Waals surface area contributed by atoms with Gasteiger partial charge >= 0.3 is 0 Å². The number of sulfonamides is 1. The molecule has 2 saturated carbocycles. The summed E-state index contributed by atoms with van der Waals surface area (Å²) in [6.45, 7) is 4.40. The molecular formula is C9H15NO2S. The lowest BCUT2D eigenvalue weighted by atomic mass is 9.73. The predicted octanol–water partition coefficient (Wildman–Crippen LogP) is 0.723. The third kappa shape index (κ3) is 0.773. The van der Waals surface area contributed by atoms with Crippen molar-refractivity contribution in [3.05, 3.63) is 0 Å². The molecule has 1 N–H and O–H groups in total. The smallest absolute Gasteiger partial charge is 0.212 e. The molecule has 0 aromatic carbocycles. The average molecular weight is 201 g/mol. The minimum Gasteiger partial charge on any atom is -0.212 e. The summed E-state index contributed by atoms with van der Waals surface area (Å²) in [5.41, 5.74) is 0.185. The van der Waals surface area contributed by atoms with Crippen LogP contribution in [0.5, 0.6) is 0 Å². The summed E-state index contributed by atoms with van der Waals surface area (Å²) in [5, 5.41) is -0.0597. The molecule has 4 atom stereocenters. The summed E-state index contributed by atoms with van der Waals surface area (Å²) in [6, 6.07) is 0.223. The summed E-state index contributed by atoms with van der Waals surface area (Å²) < 4.78 is 26.2. The van der Waals surface area contributed by atoms with Gasteiger partial charge in [0.25, 0.3) is 0 Å². The zero-order valence-corrected chi connectivity index (χ0v) is 8.76. The minimum atomic E-state index is -2.95. The van der Waals surface area contributed by atoms with Gasteiger partial charge in [-0.1, -0.05) is 13.8 Å². The van der Waals surface area contributed by atoms with Gasteiger partial charge in [-0.05, 0) is 30.1 Å². The number of hydrogen-bond acceptors (Lipinski definition) is 2. The van der Waals surface area contributed by atoms with Gasteiger partial charge in [-0.2, -0.15) is 0 Å². The van der Waals surface area contributed by atoms with Gasteiger partial charge in [0.15, 0.2) is 0 Å². The predicted molar refractivity (Wildman–Crippen MR) is 49.6 cm³/mol. The van der Waals surface area contributed by atoms with Crippen molar-refractivity contribution in [1.29, 1.82) is 0 Å². The zero-order valence-electron chi connectivity index (χ0n) is 7.95. The fraction of sp³-hybridized carbons (Fsp3) is 1.00. The molecular weight excluding hydrogens is 186 g/mol. The van der Waals surface area contributed by atoms with Crippen LogP contribution in [0.15, 0.2) is 0 Å². The Hall–Kier alpha value is -0.0900. The van der Waals surface area contributed by atoms with Crippen LogP contribution in [0.2, 0.25) is 0 Å². The Balaban J connectivity index is 2.14. The summed E-state index contributed by atoms with van der Waals surface area (Å²) in [5.74, 6) is 1.03. The Bertz CT molecular complexity index is 360. The van der Waals surface area contributed by atoms with Crippen molar-refractivity contribution in [2.24, 2.45) is 17.3 Å². The second-order valence-corrected chi connectivity index (χ2v) is 7.26. The number of hydrogen-bond donors (Lipinski definition) is 1. The maximum Gasteiger partial charge on any atom is 0.215 e. The van der Waals surface area contributed by atoms with Crippen molar-refractivity contribution in [1.82, 2.24) is 4.72 Å². The molecule has 2 aliphatic carbocycles. The van der Waals surface area contributed by atoms with Crippen molar-refractivity contribution in [2.75, 3.05) is 0 Å². The Labute approximate surface area is 79.0 Å². The van der Waals surface area contributed by atoms with Crippen LogP contribution in [-0.2, 0) is 10.0 Å². The highest BCUT2D eigenvalue weighted by atomic mass is 32.2. The van der Waals surface area contributed by atoms with Gasteiger partial charge in [-0.3, -0.25) is 0 Å². The van der Waals surface area contributed by atoms with Gasteiger partial charge in [0.2, 0.25) is 10.0 Å². The van der Waals surface area contributed by atoms with Gasteiger partial charge in [-0.25, -0.2) is 13.1 Å². The highest BCUT2D eigenvalue weighted by molar-refractivity contribution is 7.90. The molecule has 4 unspecified atom stereocenters. The van der Waals surface area contributed by atoms with Crippen molar-refractivity contribution in [3.63, 3.8) is 0 Å². The summed E-state index contributed by atoms with van der Waals surface area (Å²) >= 11 is 0. The molecule has 1 aliphatic heterocycles. The number of rotatable bonds is 0. The summed E-state index contributed by atoms with van der Waals surface area (Å²) in [7, 11) is -2.95. The van der Waals surface area contributed by atoms with Gasteiger partial charge in [-0.15, -0.1) is 0 Å². The molecule has 3 fully saturated rings.